The summed E-state index contributed by atoms with van der Waals surface area (Å²) in [6.07, 6.45) is 3.31. The largest absolute Gasteiger partial charge is 0.330 e. The molecule has 0 saturated heterocycles. The lowest BCUT2D eigenvalue weighted by atomic mass is 11.0. The average molecular weight is 98.1 g/mol. The molecule has 0 unspecified atom stereocenters. The quantitative estimate of drug-likeness (QED) is 0.333. The Morgan fingerprint density at radius 3 is 3.00 bits per heavy atom. The fraction of sp³-hybridized carbons (Fsp3) is 0. The first-order valence-corrected chi connectivity index (χ1v) is 1.89. The second-order valence-corrected chi connectivity index (χ2v) is 1.08. The van der Waals surface area contributed by atoms with Gasteiger partial charge in [0, 0.05) is 12.4 Å². The molecule has 38 valence electrons. The van der Waals surface area contributed by atoms with Crippen molar-refractivity contribution in [3.05, 3.63) is 12.4 Å². The number of aromatic amines is 1. The smallest absolute Gasteiger partial charge is 0.214 e. The van der Waals surface area contributed by atoms with Gasteiger partial charge in [0.15, 0.2) is 0 Å². The van der Waals surface area contributed by atoms with Gasteiger partial charge >= 0.3 is 0 Å². The molecule has 0 aliphatic heterocycles. The zero-order valence-corrected chi connectivity index (χ0v) is 3.68. The first-order chi connectivity index (χ1) is 3.43. The van der Waals surface area contributed by atoms with E-state index in [1.54, 1.807) is 12.4 Å². The van der Waals surface area contributed by atoms with Crippen molar-refractivity contribution >= 4 is 5.95 Å². The molecule has 0 radical (unpaired) electrons. The third-order valence-corrected chi connectivity index (χ3v) is 0.635. The number of nitrogens with zero attached hydrogens (tertiary/aromatic N) is 1. The number of aromatic nitrogens is 2. The van der Waals surface area contributed by atoms with Gasteiger partial charge in [0.05, 0.1) is 0 Å². The molecule has 0 amide bonds. The third-order valence-electron chi connectivity index (χ3n) is 0.635. The summed E-state index contributed by atoms with van der Waals surface area (Å²) in [7, 11) is 0. The Morgan fingerprint density at radius 1 is 1.86 bits per heavy atom. The Bertz CT molecular complexity index is 121. The van der Waals surface area contributed by atoms with Crippen LogP contribution in [-0.4, -0.2) is 9.97 Å². The van der Waals surface area contributed by atoms with E-state index in [1.165, 1.54) is 0 Å². The highest BCUT2D eigenvalue weighted by atomic mass is 15.3. The van der Waals surface area contributed by atoms with Gasteiger partial charge in [-0.2, -0.15) is 0 Å². The van der Waals surface area contributed by atoms with Crippen LogP contribution in [0.4, 0.5) is 5.95 Å². The molecule has 4 N–H and O–H groups in total. The van der Waals surface area contributed by atoms with E-state index in [2.05, 4.69) is 15.4 Å². The first-order valence-electron chi connectivity index (χ1n) is 1.89. The fourth-order valence-corrected chi connectivity index (χ4v) is 0.344. The lowest BCUT2D eigenvalue weighted by Crippen LogP contribution is -2.07. The molecule has 0 saturated carbocycles. The Morgan fingerprint density at radius 2 is 2.71 bits per heavy atom. The number of nitrogens with one attached hydrogen (secondary N) is 2. The van der Waals surface area contributed by atoms with Gasteiger partial charge in [0.25, 0.3) is 0 Å². The van der Waals surface area contributed by atoms with Gasteiger partial charge in [-0.15, -0.1) is 0 Å². The molecule has 1 heterocycles. The van der Waals surface area contributed by atoms with Gasteiger partial charge in [-0.05, 0) is 0 Å². The van der Waals surface area contributed by atoms with Crippen LogP contribution in [0.15, 0.2) is 12.4 Å². The summed E-state index contributed by atoms with van der Waals surface area (Å²) in [5.74, 6) is 5.53. The van der Waals surface area contributed by atoms with Gasteiger partial charge in [-0.25, -0.2) is 10.8 Å². The lowest BCUT2D eigenvalue weighted by molar-refractivity contribution is 1.20. The highest BCUT2D eigenvalue weighted by molar-refractivity contribution is 5.19. The van der Waals surface area contributed by atoms with E-state index in [4.69, 9.17) is 5.84 Å². The second-order valence-electron chi connectivity index (χ2n) is 1.08. The predicted octanol–water partition coefficient (Wildman–Crippen LogP) is -0.305. The van der Waals surface area contributed by atoms with Crippen molar-refractivity contribution in [2.75, 3.05) is 5.43 Å². The van der Waals surface area contributed by atoms with Gasteiger partial charge in [-0.1, -0.05) is 0 Å². The van der Waals surface area contributed by atoms with Crippen molar-refractivity contribution in [3.8, 4) is 0 Å². The average Bonchev–Trinajstić information content (AvgIpc) is 2.14. The number of hydrogen-bond acceptors (Lipinski definition) is 3. The maximum atomic E-state index is 4.95. The molecule has 0 atom stereocenters. The molecule has 1 aromatic rings. The summed E-state index contributed by atoms with van der Waals surface area (Å²) < 4.78 is 0. The molecular formula is C3H6N4. The summed E-state index contributed by atoms with van der Waals surface area (Å²) >= 11 is 0. The Kier molecular flexibility index (Phi) is 0.953. The van der Waals surface area contributed by atoms with Crippen LogP contribution >= 0.6 is 0 Å². The minimum atomic E-state index is 0.583. The van der Waals surface area contributed by atoms with Crippen molar-refractivity contribution in [2.24, 2.45) is 5.84 Å². The number of rotatable bonds is 1. The number of anilines is 1. The molecule has 4 nitrogen and oxygen atoms in total. The molecule has 0 aromatic carbocycles. The maximum Gasteiger partial charge on any atom is 0.214 e. The van der Waals surface area contributed by atoms with Crippen LogP contribution in [0.25, 0.3) is 0 Å². The molecule has 0 fully saturated rings. The molecule has 0 bridgehead atoms. The van der Waals surface area contributed by atoms with E-state index in [9.17, 15) is 0 Å². The zero-order chi connectivity index (χ0) is 5.11. The molecule has 0 spiro atoms. The van der Waals surface area contributed by atoms with Crippen molar-refractivity contribution in [3.63, 3.8) is 0 Å². The standard InChI is InChI=1S/C3H6N4/c4-7-3-5-1-2-6-3/h1-2H,4H2,(H2,5,6,7). The number of hydrazine groups is 1. The van der Waals surface area contributed by atoms with E-state index < -0.39 is 0 Å². The third kappa shape index (κ3) is 0.690. The highest BCUT2D eigenvalue weighted by Gasteiger charge is 1.81. The highest BCUT2D eigenvalue weighted by Crippen LogP contribution is 1.87. The van der Waals surface area contributed by atoms with Gasteiger partial charge in [0.2, 0.25) is 5.95 Å². The Balaban J connectivity index is 2.76. The number of hydrogen-bond donors (Lipinski definition) is 3. The molecule has 4 heteroatoms. The minimum absolute atomic E-state index is 0.583. The van der Waals surface area contributed by atoms with Crippen LogP contribution in [0.3, 0.4) is 0 Å². The summed E-state index contributed by atoms with van der Waals surface area (Å²) in [5.41, 5.74) is 2.34. The van der Waals surface area contributed by atoms with Crippen LogP contribution < -0.4 is 11.3 Å². The van der Waals surface area contributed by atoms with E-state index >= 15 is 0 Å². The summed E-state index contributed by atoms with van der Waals surface area (Å²) in [6.45, 7) is 0. The minimum Gasteiger partial charge on any atom is -0.330 e. The van der Waals surface area contributed by atoms with Crippen molar-refractivity contribution in [1.29, 1.82) is 0 Å². The van der Waals surface area contributed by atoms with Crippen molar-refractivity contribution < 1.29 is 0 Å². The molecular weight excluding hydrogens is 92.1 g/mol. The summed E-state index contributed by atoms with van der Waals surface area (Å²) in [6, 6.07) is 0. The second kappa shape index (κ2) is 1.61. The SMILES string of the molecule is NNc1ncc[nH]1. The molecule has 1 rings (SSSR count). The Hall–Kier alpha value is -1.03. The lowest BCUT2D eigenvalue weighted by Gasteiger charge is -1.85. The van der Waals surface area contributed by atoms with Crippen molar-refractivity contribution in [1.82, 2.24) is 9.97 Å². The van der Waals surface area contributed by atoms with Crippen LogP contribution in [0.5, 0.6) is 0 Å². The fourth-order valence-electron chi connectivity index (χ4n) is 0.344. The van der Waals surface area contributed by atoms with Crippen LogP contribution in [-0.2, 0) is 0 Å². The van der Waals surface area contributed by atoms with E-state index in [-0.39, 0.29) is 0 Å². The first kappa shape index (κ1) is 4.14. The number of H-pyrrole nitrogens is 1. The Labute approximate surface area is 40.7 Å². The van der Waals surface area contributed by atoms with Crippen molar-refractivity contribution in [2.45, 2.75) is 0 Å². The molecule has 1 aromatic heterocycles. The predicted molar refractivity (Wildman–Crippen MR) is 26.4 cm³/mol. The van der Waals surface area contributed by atoms with E-state index in [1.807, 2.05) is 0 Å². The topological polar surface area (TPSA) is 66.7 Å². The molecule has 7 heavy (non-hydrogen) atoms. The van der Waals surface area contributed by atoms with Gasteiger partial charge in [0.1, 0.15) is 0 Å². The van der Waals surface area contributed by atoms with Crippen LogP contribution in [0.2, 0.25) is 0 Å². The van der Waals surface area contributed by atoms with Crippen LogP contribution in [0.1, 0.15) is 0 Å². The summed E-state index contributed by atoms with van der Waals surface area (Å²) in [5, 5.41) is 0. The van der Waals surface area contributed by atoms with Crippen LogP contribution in [0, 0.1) is 0 Å². The van der Waals surface area contributed by atoms with E-state index in [0.29, 0.717) is 5.95 Å². The zero-order valence-electron chi connectivity index (χ0n) is 3.68. The summed E-state index contributed by atoms with van der Waals surface area (Å²) in [4.78, 5) is 6.48. The van der Waals surface area contributed by atoms with E-state index in [0.717, 1.165) is 0 Å². The monoisotopic (exact) mass is 98.1 g/mol. The van der Waals surface area contributed by atoms with Gasteiger partial charge in [-0.3, -0.25) is 5.43 Å². The maximum absolute atomic E-state index is 4.95. The molecule has 0 aliphatic carbocycles. The number of nitrogen functional groups attached to an aromatic ring is 1. The number of imidazole rings is 1. The normalized spacial score (nSPS) is 8.71. The number of nitrogens with two attached hydrogens (primary N) is 1. The molecule has 0 aliphatic rings. The van der Waals surface area contributed by atoms with Gasteiger partial charge < -0.3 is 4.98 Å².